The zero-order chi connectivity index (χ0) is 15.9. The molecule has 0 aliphatic heterocycles. The summed E-state index contributed by atoms with van der Waals surface area (Å²) >= 11 is 0. The number of carbonyl (C=O) groups is 1. The second-order valence-electron chi connectivity index (χ2n) is 5.62. The quantitative estimate of drug-likeness (QED) is 0.853. The van der Waals surface area contributed by atoms with Gasteiger partial charge in [0.05, 0.1) is 19.2 Å². The Morgan fingerprint density at radius 1 is 1.36 bits per heavy atom. The Morgan fingerprint density at radius 3 is 2.91 bits per heavy atom. The molecule has 2 rings (SSSR count). The highest BCUT2D eigenvalue weighted by Crippen LogP contribution is 2.24. The number of benzene rings is 1. The molecule has 5 heteroatoms. The first-order chi connectivity index (χ1) is 10.6. The van der Waals surface area contributed by atoms with Crippen LogP contribution in [0, 0.1) is 5.92 Å². The molecule has 118 valence electrons. The number of carbonyl (C=O) groups excluding carboxylic acids is 1. The lowest BCUT2D eigenvalue weighted by Crippen LogP contribution is -2.26. The van der Waals surface area contributed by atoms with Gasteiger partial charge in [-0.3, -0.25) is 4.79 Å². The summed E-state index contributed by atoms with van der Waals surface area (Å²) in [5, 5.41) is 6.84. The van der Waals surface area contributed by atoms with Gasteiger partial charge in [0.15, 0.2) is 5.76 Å². The number of amides is 1. The lowest BCUT2D eigenvalue weighted by molar-refractivity contribution is -0.120. The number of rotatable bonds is 7. The molecule has 0 saturated heterocycles. The Kier molecular flexibility index (Phi) is 5.58. The van der Waals surface area contributed by atoms with Gasteiger partial charge >= 0.3 is 0 Å². The topological polar surface area (TPSA) is 64.4 Å². The summed E-state index contributed by atoms with van der Waals surface area (Å²) in [6.07, 6.45) is 1.20. The molecule has 0 radical (unpaired) electrons. The van der Waals surface area contributed by atoms with Gasteiger partial charge in [0.2, 0.25) is 5.91 Å². The van der Waals surface area contributed by atoms with Gasteiger partial charge < -0.3 is 14.6 Å². The maximum absolute atomic E-state index is 11.8. The highest BCUT2D eigenvalue weighted by Gasteiger charge is 2.11. The van der Waals surface area contributed by atoms with Gasteiger partial charge in [-0.05, 0) is 24.5 Å². The molecule has 0 unspecified atom stereocenters. The third-order valence-corrected chi connectivity index (χ3v) is 3.30. The molecule has 1 amide bonds. The van der Waals surface area contributed by atoms with Gasteiger partial charge in [0, 0.05) is 18.2 Å². The zero-order valence-corrected chi connectivity index (χ0v) is 13.3. The van der Waals surface area contributed by atoms with Gasteiger partial charge in [0.1, 0.15) is 5.75 Å². The largest absolute Gasteiger partial charge is 0.497 e. The van der Waals surface area contributed by atoms with Gasteiger partial charge in [-0.2, -0.15) is 0 Å². The first-order valence-electron chi connectivity index (χ1n) is 7.45. The van der Waals surface area contributed by atoms with Crippen LogP contribution in [0.5, 0.6) is 5.75 Å². The highest BCUT2D eigenvalue weighted by atomic mass is 16.5. The first kappa shape index (κ1) is 16.1. The van der Waals surface area contributed by atoms with Crippen molar-refractivity contribution in [1.29, 1.82) is 0 Å². The Labute approximate surface area is 130 Å². The number of ether oxygens (including phenoxy) is 1. The summed E-state index contributed by atoms with van der Waals surface area (Å²) in [7, 11) is 1.62. The molecule has 0 fully saturated rings. The van der Waals surface area contributed by atoms with Crippen molar-refractivity contribution in [1.82, 2.24) is 10.5 Å². The third kappa shape index (κ3) is 4.62. The Hall–Kier alpha value is -2.30. The summed E-state index contributed by atoms with van der Waals surface area (Å²) in [5.41, 5.74) is 1.50. The molecule has 0 aliphatic carbocycles. The molecule has 0 spiro atoms. The predicted molar refractivity (Wildman–Crippen MR) is 84.7 cm³/mol. The molecule has 5 nitrogen and oxygen atoms in total. The number of nitrogens with zero attached hydrogens (tertiary/aromatic N) is 1. The molecule has 2 aromatic rings. The minimum atomic E-state index is -0.0360. The van der Waals surface area contributed by atoms with E-state index in [1.165, 1.54) is 0 Å². The van der Waals surface area contributed by atoms with Crippen molar-refractivity contribution < 1.29 is 14.1 Å². The van der Waals surface area contributed by atoms with Crippen molar-refractivity contribution in [2.45, 2.75) is 26.7 Å². The lowest BCUT2D eigenvalue weighted by atomic mass is 10.1. The molecule has 1 aromatic carbocycles. The van der Waals surface area contributed by atoms with Crippen LogP contribution < -0.4 is 10.1 Å². The van der Waals surface area contributed by atoms with E-state index >= 15 is 0 Å². The Bertz CT molecular complexity index is 620. The normalized spacial score (nSPS) is 10.7. The van der Waals surface area contributed by atoms with Gasteiger partial charge in [-0.15, -0.1) is 0 Å². The molecule has 1 N–H and O–H groups in total. The molecule has 0 atom stereocenters. The smallest absolute Gasteiger partial charge is 0.226 e. The van der Waals surface area contributed by atoms with E-state index in [0.717, 1.165) is 17.7 Å². The molecule has 0 saturated carbocycles. The second-order valence-corrected chi connectivity index (χ2v) is 5.62. The molecular formula is C17H22N2O3. The molecule has 1 heterocycles. The van der Waals surface area contributed by atoms with E-state index < -0.39 is 0 Å². The number of hydrogen-bond acceptors (Lipinski definition) is 4. The standard InChI is InChI=1S/C17H22N2O3/c1-12(2)7-8-18-17(20)11-14-10-16(22-19-14)13-5-4-6-15(9-13)21-3/h4-6,9-10,12H,7-8,11H2,1-3H3,(H,18,20). The van der Waals surface area contributed by atoms with E-state index in [0.29, 0.717) is 23.9 Å². The third-order valence-electron chi connectivity index (χ3n) is 3.30. The maximum Gasteiger partial charge on any atom is 0.226 e. The second kappa shape index (κ2) is 7.64. The van der Waals surface area contributed by atoms with E-state index in [9.17, 15) is 4.79 Å². The summed E-state index contributed by atoms with van der Waals surface area (Å²) in [6.45, 7) is 4.95. The predicted octanol–water partition coefficient (Wildman–Crippen LogP) is 3.06. The molecule has 0 aliphatic rings. The van der Waals surface area contributed by atoms with Crippen molar-refractivity contribution in [3.05, 3.63) is 36.0 Å². The molecule has 22 heavy (non-hydrogen) atoms. The molecule has 1 aromatic heterocycles. The zero-order valence-electron chi connectivity index (χ0n) is 13.3. The lowest BCUT2D eigenvalue weighted by Gasteiger charge is -2.05. The van der Waals surface area contributed by atoms with Crippen LogP contribution in [0.25, 0.3) is 11.3 Å². The van der Waals surface area contributed by atoms with Crippen molar-refractivity contribution in [2.75, 3.05) is 13.7 Å². The molecule has 0 bridgehead atoms. The Balaban J connectivity index is 1.95. The van der Waals surface area contributed by atoms with E-state index in [1.807, 2.05) is 24.3 Å². The highest BCUT2D eigenvalue weighted by molar-refractivity contribution is 5.78. The summed E-state index contributed by atoms with van der Waals surface area (Å²) in [6, 6.07) is 9.32. The van der Waals surface area contributed by atoms with Crippen LogP contribution in [0.15, 0.2) is 34.9 Å². The number of nitrogens with one attached hydrogen (secondary N) is 1. The fourth-order valence-corrected chi connectivity index (χ4v) is 2.03. The van der Waals surface area contributed by atoms with Crippen LogP contribution in [0.2, 0.25) is 0 Å². The number of hydrogen-bond donors (Lipinski definition) is 1. The summed E-state index contributed by atoms with van der Waals surface area (Å²) < 4.78 is 10.5. The van der Waals surface area contributed by atoms with Gasteiger partial charge in [-0.1, -0.05) is 31.1 Å². The van der Waals surface area contributed by atoms with Crippen molar-refractivity contribution in [3.8, 4) is 17.1 Å². The average molecular weight is 302 g/mol. The van der Waals surface area contributed by atoms with Gasteiger partial charge in [-0.25, -0.2) is 0 Å². The summed E-state index contributed by atoms with van der Waals surface area (Å²) in [5.74, 6) is 1.92. The van der Waals surface area contributed by atoms with Crippen LogP contribution in [0.3, 0.4) is 0 Å². The van der Waals surface area contributed by atoms with E-state index in [4.69, 9.17) is 9.26 Å². The van der Waals surface area contributed by atoms with Crippen molar-refractivity contribution in [2.24, 2.45) is 5.92 Å². The monoisotopic (exact) mass is 302 g/mol. The average Bonchev–Trinajstić information content (AvgIpc) is 2.95. The number of methoxy groups -OCH3 is 1. The van der Waals surface area contributed by atoms with Crippen LogP contribution in [0.4, 0.5) is 0 Å². The van der Waals surface area contributed by atoms with Crippen LogP contribution in [-0.4, -0.2) is 24.7 Å². The summed E-state index contributed by atoms with van der Waals surface area (Å²) in [4.78, 5) is 11.8. The van der Waals surface area contributed by atoms with E-state index in [-0.39, 0.29) is 12.3 Å². The van der Waals surface area contributed by atoms with Crippen LogP contribution in [0.1, 0.15) is 26.0 Å². The molecular weight excluding hydrogens is 280 g/mol. The minimum absolute atomic E-state index is 0.0360. The first-order valence-corrected chi connectivity index (χ1v) is 7.45. The van der Waals surface area contributed by atoms with Crippen molar-refractivity contribution >= 4 is 5.91 Å². The van der Waals surface area contributed by atoms with Crippen LogP contribution in [-0.2, 0) is 11.2 Å². The SMILES string of the molecule is COc1cccc(-c2cc(CC(=O)NCCC(C)C)no2)c1. The fourth-order valence-electron chi connectivity index (χ4n) is 2.03. The van der Waals surface area contributed by atoms with E-state index in [1.54, 1.807) is 13.2 Å². The van der Waals surface area contributed by atoms with Gasteiger partial charge in [0.25, 0.3) is 0 Å². The number of aromatic nitrogens is 1. The minimum Gasteiger partial charge on any atom is -0.497 e. The fraction of sp³-hybridized carbons (Fsp3) is 0.412. The Morgan fingerprint density at radius 2 is 2.18 bits per heavy atom. The maximum atomic E-state index is 11.8. The van der Waals surface area contributed by atoms with E-state index in [2.05, 4.69) is 24.3 Å². The van der Waals surface area contributed by atoms with Crippen LogP contribution >= 0.6 is 0 Å². The van der Waals surface area contributed by atoms with Crippen molar-refractivity contribution in [3.63, 3.8) is 0 Å².